The zero-order valence-electron chi connectivity index (χ0n) is 9.91. The molecule has 0 aromatic carbocycles. The maximum Gasteiger partial charge on any atom is 0.149 e. The molecule has 90 valence electrons. The van der Waals surface area contributed by atoms with E-state index in [1.807, 2.05) is 23.9 Å². The zero-order valence-corrected chi connectivity index (χ0v) is 10.7. The fourth-order valence-electron chi connectivity index (χ4n) is 1.50. The molecule has 0 aliphatic rings. The summed E-state index contributed by atoms with van der Waals surface area (Å²) in [6.07, 6.45) is 9.03. The Labute approximate surface area is 102 Å². The van der Waals surface area contributed by atoms with Crippen molar-refractivity contribution in [3.8, 4) is 0 Å². The van der Waals surface area contributed by atoms with E-state index < -0.39 is 0 Å². The van der Waals surface area contributed by atoms with E-state index in [2.05, 4.69) is 16.6 Å². The lowest BCUT2D eigenvalue weighted by atomic mass is 10.2. The second kappa shape index (κ2) is 8.28. The van der Waals surface area contributed by atoms with Crippen molar-refractivity contribution in [2.75, 3.05) is 29.6 Å². The summed E-state index contributed by atoms with van der Waals surface area (Å²) in [6, 6.07) is 3.72. The van der Waals surface area contributed by atoms with Gasteiger partial charge in [-0.15, -0.1) is 0 Å². The molecule has 3 N–H and O–H groups in total. The molecule has 0 bridgehead atoms. The van der Waals surface area contributed by atoms with Gasteiger partial charge < -0.3 is 11.1 Å². The van der Waals surface area contributed by atoms with Gasteiger partial charge in [-0.05, 0) is 37.0 Å². The van der Waals surface area contributed by atoms with E-state index in [1.54, 1.807) is 6.20 Å². The molecular weight excluding hydrogens is 218 g/mol. The maximum absolute atomic E-state index is 5.77. The highest BCUT2D eigenvalue weighted by molar-refractivity contribution is 7.98. The number of hydrogen-bond acceptors (Lipinski definition) is 4. The normalized spacial score (nSPS) is 10.3. The van der Waals surface area contributed by atoms with E-state index in [1.165, 1.54) is 31.4 Å². The van der Waals surface area contributed by atoms with Gasteiger partial charge in [0.2, 0.25) is 0 Å². The molecule has 0 saturated heterocycles. The number of unbranched alkanes of at least 4 members (excludes halogenated alkanes) is 3. The summed E-state index contributed by atoms with van der Waals surface area (Å²) in [7, 11) is 0. The number of nitrogens with one attached hydrogen (secondary N) is 1. The Hall–Kier alpha value is -0.900. The monoisotopic (exact) mass is 239 g/mol. The van der Waals surface area contributed by atoms with Gasteiger partial charge in [0, 0.05) is 12.7 Å². The summed E-state index contributed by atoms with van der Waals surface area (Å²) in [6.45, 7) is 0.959. The molecule has 0 amide bonds. The fraction of sp³-hybridized carbons (Fsp3) is 0.583. The highest BCUT2D eigenvalue weighted by Crippen LogP contribution is 2.13. The largest absolute Gasteiger partial charge is 0.396 e. The van der Waals surface area contributed by atoms with Crippen LogP contribution in [0.15, 0.2) is 18.3 Å². The average molecular weight is 239 g/mol. The predicted molar refractivity (Wildman–Crippen MR) is 74.0 cm³/mol. The highest BCUT2D eigenvalue weighted by atomic mass is 32.2. The number of nitrogens with two attached hydrogens (primary N) is 1. The Morgan fingerprint density at radius 2 is 2.12 bits per heavy atom. The van der Waals surface area contributed by atoms with Crippen molar-refractivity contribution in [3.05, 3.63) is 18.3 Å². The number of hydrogen-bond donors (Lipinski definition) is 2. The third-order valence-corrected chi connectivity index (χ3v) is 3.10. The summed E-state index contributed by atoms with van der Waals surface area (Å²) in [5, 5.41) is 3.26. The van der Waals surface area contributed by atoms with Crippen LogP contribution in [0.3, 0.4) is 0 Å². The number of pyridine rings is 1. The summed E-state index contributed by atoms with van der Waals surface area (Å²) < 4.78 is 0. The molecule has 1 heterocycles. The molecule has 0 aliphatic heterocycles. The van der Waals surface area contributed by atoms with Crippen LogP contribution in [0.2, 0.25) is 0 Å². The molecule has 3 nitrogen and oxygen atoms in total. The average Bonchev–Trinajstić information content (AvgIpc) is 2.30. The molecular formula is C12H21N3S. The summed E-state index contributed by atoms with van der Waals surface area (Å²) in [5.41, 5.74) is 6.50. The number of anilines is 2. The van der Waals surface area contributed by atoms with Crippen molar-refractivity contribution in [3.63, 3.8) is 0 Å². The SMILES string of the molecule is CSCCCCCCNc1ncccc1N. The van der Waals surface area contributed by atoms with Crippen LogP contribution in [-0.4, -0.2) is 23.5 Å². The first-order chi connectivity index (χ1) is 7.84. The molecule has 0 unspecified atom stereocenters. The Morgan fingerprint density at radius 3 is 2.88 bits per heavy atom. The number of thioether (sulfide) groups is 1. The highest BCUT2D eigenvalue weighted by Gasteiger charge is 1.97. The van der Waals surface area contributed by atoms with Crippen LogP contribution >= 0.6 is 11.8 Å². The van der Waals surface area contributed by atoms with Gasteiger partial charge in [0.25, 0.3) is 0 Å². The molecule has 0 aliphatic carbocycles. The first kappa shape index (κ1) is 13.2. The van der Waals surface area contributed by atoms with Crippen LogP contribution < -0.4 is 11.1 Å². The van der Waals surface area contributed by atoms with E-state index in [-0.39, 0.29) is 0 Å². The van der Waals surface area contributed by atoms with E-state index in [0.717, 1.165) is 18.1 Å². The van der Waals surface area contributed by atoms with Crippen LogP contribution in [0, 0.1) is 0 Å². The molecule has 0 spiro atoms. The lowest BCUT2D eigenvalue weighted by molar-refractivity contribution is 0.688. The quantitative estimate of drug-likeness (QED) is 0.685. The molecule has 0 radical (unpaired) electrons. The molecule has 1 rings (SSSR count). The lowest BCUT2D eigenvalue weighted by Gasteiger charge is -2.07. The van der Waals surface area contributed by atoms with E-state index >= 15 is 0 Å². The molecule has 0 fully saturated rings. The van der Waals surface area contributed by atoms with Gasteiger partial charge in [-0.1, -0.05) is 12.8 Å². The molecule has 0 saturated carbocycles. The number of nitrogens with zero attached hydrogens (tertiary/aromatic N) is 1. The van der Waals surface area contributed by atoms with Crippen molar-refractivity contribution >= 4 is 23.3 Å². The zero-order chi connectivity index (χ0) is 11.6. The van der Waals surface area contributed by atoms with Gasteiger partial charge in [-0.2, -0.15) is 11.8 Å². The van der Waals surface area contributed by atoms with Crippen LogP contribution in [0.5, 0.6) is 0 Å². The van der Waals surface area contributed by atoms with Gasteiger partial charge >= 0.3 is 0 Å². The Morgan fingerprint density at radius 1 is 1.31 bits per heavy atom. The molecule has 4 heteroatoms. The molecule has 1 aromatic heterocycles. The minimum Gasteiger partial charge on any atom is -0.396 e. The fourth-order valence-corrected chi connectivity index (χ4v) is 1.99. The van der Waals surface area contributed by atoms with Gasteiger partial charge in [0.1, 0.15) is 5.82 Å². The third-order valence-electron chi connectivity index (χ3n) is 2.41. The van der Waals surface area contributed by atoms with Crippen molar-refractivity contribution in [1.82, 2.24) is 4.98 Å². The smallest absolute Gasteiger partial charge is 0.149 e. The maximum atomic E-state index is 5.77. The second-order valence-electron chi connectivity index (χ2n) is 3.78. The number of rotatable bonds is 8. The topological polar surface area (TPSA) is 50.9 Å². The van der Waals surface area contributed by atoms with E-state index in [9.17, 15) is 0 Å². The summed E-state index contributed by atoms with van der Waals surface area (Å²) in [5.74, 6) is 2.09. The number of aromatic nitrogens is 1. The number of nitrogen functional groups attached to an aromatic ring is 1. The van der Waals surface area contributed by atoms with Crippen molar-refractivity contribution in [2.45, 2.75) is 25.7 Å². The Kier molecular flexibility index (Phi) is 6.81. The summed E-state index contributed by atoms with van der Waals surface area (Å²) in [4.78, 5) is 4.19. The van der Waals surface area contributed by atoms with Crippen molar-refractivity contribution < 1.29 is 0 Å². The Balaban J connectivity index is 2.05. The van der Waals surface area contributed by atoms with Crippen LogP contribution in [0.25, 0.3) is 0 Å². The van der Waals surface area contributed by atoms with E-state index in [4.69, 9.17) is 5.73 Å². The lowest BCUT2D eigenvalue weighted by Crippen LogP contribution is -2.05. The van der Waals surface area contributed by atoms with Crippen molar-refractivity contribution in [1.29, 1.82) is 0 Å². The molecule has 16 heavy (non-hydrogen) atoms. The van der Waals surface area contributed by atoms with E-state index in [0.29, 0.717) is 0 Å². The minimum atomic E-state index is 0.727. The van der Waals surface area contributed by atoms with Crippen LogP contribution in [0.1, 0.15) is 25.7 Å². The second-order valence-corrected chi connectivity index (χ2v) is 4.76. The predicted octanol–water partition coefficient (Wildman–Crippen LogP) is 3.00. The Bertz CT molecular complexity index is 291. The first-order valence-corrected chi connectivity index (χ1v) is 7.17. The first-order valence-electron chi connectivity index (χ1n) is 5.78. The van der Waals surface area contributed by atoms with Gasteiger partial charge in [0.05, 0.1) is 5.69 Å². The molecule has 1 aromatic rings. The van der Waals surface area contributed by atoms with Crippen LogP contribution in [0.4, 0.5) is 11.5 Å². The van der Waals surface area contributed by atoms with Gasteiger partial charge in [-0.3, -0.25) is 0 Å². The van der Waals surface area contributed by atoms with Gasteiger partial charge in [-0.25, -0.2) is 4.98 Å². The minimum absolute atomic E-state index is 0.727. The third kappa shape index (κ3) is 5.26. The van der Waals surface area contributed by atoms with Crippen LogP contribution in [-0.2, 0) is 0 Å². The molecule has 0 atom stereocenters. The van der Waals surface area contributed by atoms with Crippen molar-refractivity contribution in [2.24, 2.45) is 0 Å². The van der Waals surface area contributed by atoms with Gasteiger partial charge in [0.15, 0.2) is 0 Å². The standard InChI is InChI=1S/C12H21N3S/c1-16-10-5-3-2-4-8-14-12-11(13)7-6-9-15-12/h6-7,9H,2-5,8,10,13H2,1H3,(H,14,15). The summed E-state index contributed by atoms with van der Waals surface area (Å²) >= 11 is 1.92.